The summed E-state index contributed by atoms with van der Waals surface area (Å²) in [6.07, 6.45) is 3.28. The van der Waals surface area contributed by atoms with Gasteiger partial charge in [0.15, 0.2) is 0 Å². The van der Waals surface area contributed by atoms with Gasteiger partial charge in [-0.3, -0.25) is 9.59 Å². The molecule has 2 saturated heterocycles. The number of methoxy groups -OCH3 is 1. The Morgan fingerprint density at radius 3 is 2.77 bits per heavy atom. The van der Waals surface area contributed by atoms with Crippen LogP contribution in [0.3, 0.4) is 0 Å². The van der Waals surface area contributed by atoms with Crippen molar-refractivity contribution in [3.05, 3.63) is 16.1 Å². The van der Waals surface area contributed by atoms with Crippen molar-refractivity contribution in [2.75, 3.05) is 47.4 Å². The van der Waals surface area contributed by atoms with Crippen molar-refractivity contribution in [2.45, 2.75) is 37.8 Å². The first-order valence-electron chi connectivity index (χ1n) is 9.17. The summed E-state index contributed by atoms with van der Waals surface area (Å²) < 4.78 is 5.13. The highest BCUT2D eigenvalue weighted by Gasteiger charge is 2.52. The predicted octanol–water partition coefficient (Wildman–Crippen LogP) is 1.45. The number of piperidine rings is 1. The van der Waals surface area contributed by atoms with Crippen LogP contribution < -0.4 is 0 Å². The quantitative estimate of drug-likeness (QED) is 0.747. The summed E-state index contributed by atoms with van der Waals surface area (Å²) in [5.74, 6) is -0.0268. The minimum atomic E-state index is -0.686. The molecule has 1 spiro atoms. The number of carbonyl (C=O) groups excluding carboxylic acids is 2. The highest BCUT2D eigenvalue weighted by Crippen LogP contribution is 2.39. The number of hydrogen-bond acceptors (Lipinski definition) is 6. The molecule has 1 atom stereocenters. The van der Waals surface area contributed by atoms with Gasteiger partial charge in [0.05, 0.1) is 6.61 Å². The van der Waals surface area contributed by atoms with Gasteiger partial charge in [0, 0.05) is 38.7 Å². The van der Waals surface area contributed by atoms with Gasteiger partial charge >= 0.3 is 0 Å². The van der Waals surface area contributed by atoms with Crippen molar-refractivity contribution in [2.24, 2.45) is 0 Å². The number of thiazole rings is 1. The van der Waals surface area contributed by atoms with Crippen LogP contribution in [0, 0.1) is 0 Å². The molecule has 0 saturated carbocycles. The fraction of sp³-hybridized carbons (Fsp3) is 0.722. The van der Waals surface area contributed by atoms with Crippen LogP contribution in [0.25, 0.3) is 0 Å². The van der Waals surface area contributed by atoms with Crippen LogP contribution in [0.1, 0.15) is 41.2 Å². The molecular weight excluding hydrogens is 352 g/mol. The first-order valence-corrected chi connectivity index (χ1v) is 10.1. The Hall–Kier alpha value is -1.51. The molecule has 0 N–H and O–H groups in total. The zero-order chi connectivity index (χ0) is 18.7. The number of ether oxygens (including phenoxy) is 1. The Balaban J connectivity index is 1.79. The second kappa shape index (κ2) is 8.02. The van der Waals surface area contributed by atoms with E-state index in [1.807, 2.05) is 29.3 Å². The summed E-state index contributed by atoms with van der Waals surface area (Å²) in [5.41, 5.74) is -0.219. The molecule has 2 fully saturated rings. The number of carbonyl (C=O) groups is 2. The Labute approximate surface area is 158 Å². The van der Waals surface area contributed by atoms with Gasteiger partial charge in [0.25, 0.3) is 5.91 Å². The van der Waals surface area contributed by atoms with Crippen LogP contribution in [0.15, 0.2) is 5.38 Å². The van der Waals surface area contributed by atoms with E-state index in [1.165, 1.54) is 11.3 Å². The zero-order valence-electron chi connectivity index (χ0n) is 15.9. The number of aromatic nitrogens is 1. The third-order valence-electron chi connectivity index (χ3n) is 5.23. The molecule has 1 unspecified atom stereocenters. The van der Waals surface area contributed by atoms with E-state index in [0.29, 0.717) is 31.9 Å². The minimum Gasteiger partial charge on any atom is -0.383 e. The molecular formula is C18H28N4O3S. The van der Waals surface area contributed by atoms with Crippen molar-refractivity contribution in [1.29, 1.82) is 0 Å². The molecule has 1 aromatic rings. The van der Waals surface area contributed by atoms with E-state index in [0.717, 1.165) is 37.2 Å². The van der Waals surface area contributed by atoms with Crippen molar-refractivity contribution >= 4 is 23.2 Å². The van der Waals surface area contributed by atoms with Gasteiger partial charge in [-0.15, -0.1) is 11.3 Å². The lowest BCUT2D eigenvalue weighted by Gasteiger charge is -2.44. The first-order chi connectivity index (χ1) is 12.5. The summed E-state index contributed by atoms with van der Waals surface area (Å²) >= 11 is 1.50. The molecule has 7 nitrogen and oxygen atoms in total. The number of hydrogen-bond donors (Lipinski definition) is 0. The number of amides is 2. The lowest BCUT2D eigenvalue weighted by molar-refractivity contribution is -0.146. The number of nitrogens with zero attached hydrogens (tertiary/aromatic N) is 4. The molecule has 2 aliphatic rings. The van der Waals surface area contributed by atoms with Crippen LogP contribution >= 0.6 is 11.3 Å². The van der Waals surface area contributed by atoms with Gasteiger partial charge in [-0.25, -0.2) is 4.98 Å². The van der Waals surface area contributed by atoms with Crippen molar-refractivity contribution in [3.8, 4) is 0 Å². The molecule has 3 rings (SSSR count). The molecule has 26 heavy (non-hydrogen) atoms. The Kier molecular flexibility index (Phi) is 5.94. The van der Waals surface area contributed by atoms with Gasteiger partial charge in [0.1, 0.15) is 16.2 Å². The topological polar surface area (TPSA) is 66.0 Å². The van der Waals surface area contributed by atoms with Gasteiger partial charge < -0.3 is 19.4 Å². The molecule has 0 bridgehead atoms. The summed E-state index contributed by atoms with van der Waals surface area (Å²) in [6.45, 7) is 3.20. The maximum Gasteiger partial charge on any atom is 0.274 e. The van der Waals surface area contributed by atoms with Gasteiger partial charge in [-0.1, -0.05) is 0 Å². The van der Waals surface area contributed by atoms with Crippen molar-refractivity contribution in [3.63, 3.8) is 0 Å². The van der Waals surface area contributed by atoms with Gasteiger partial charge in [-0.2, -0.15) is 0 Å². The average Bonchev–Trinajstić information content (AvgIpc) is 3.23. The van der Waals surface area contributed by atoms with Crippen molar-refractivity contribution in [1.82, 2.24) is 19.7 Å². The second-order valence-electron chi connectivity index (χ2n) is 7.34. The SMILES string of the molecule is COCCN1CCCC2(CCCN2C(=O)c2csc(CN(C)C)n2)C1=O. The third kappa shape index (κ3) is 3.63. The Bertz CT molecular complexity index is 663. The molecule has 3 heterocycles. The Morgan fingerprint density at radius 1 is 1.35 bits per heavy atom. The van der Waals surface area contributed by atoms with E-state index in [2.05, 4.69) is 4.98 Å². The summed E-state index contributed by atoms with van der Waals surface area (Å²) in [5, 5.41) is 2.74. The molecule has 0 aromatic carbocycles. The maximum absolute atomic E-state index is 13.2. The standard InChI is InChI=1S/C18H28N4O3S/c1-20(2)12-15-19-14(13-26-15)16(23)22-9-5-7-18(22)6-4-8-21(17(18)24)10-11-25-3/h13H,4-12H2,1-3H3. The van der Waals surface area contributed by atoms with E-state index < -0.39 is 5.54 Å². The van der Waals surface area contributed by atoms with Crippen LogP contribution in [-0.4, -0.2) is 84.5 Å². The van der Waals surface area contributed by atoms with Crippen LogP contribution in [0.2, 0.25) is 0 Å². The van der Waals surface area contributed by atoms with E-state index in [4.69, 9.17) is 4.74 Å². The molecule has 2 aliphatic heterocycles. The smallest absolute Gasteiger partial charge is 0.274 e. The van der Waals surface area contributed by atoms with E-state index in [1.54, 1.807) is 12.0 Å². The Morgan fingerprint density at radius 2 is 2.08 bits per heavy atom. The largest absolute Gasteiger partial charge is 0.383 e. The fourth-order valence-corrected chi connectivity index (χ4v) is 4.91. The van der Waals surface area contributed by atoms with E-state index >= 15 is 0 Å². The predicted molar refractivity (Wildman–Crippen MR) is 100 cm³/mol. The molecule has 1 aromatic heterocycles. The monoisotopic (exact) mass is 380 g/mol. The fourth-order valence-electron chi connectivity index (χ4n) is 4.03. The molecule has 0 aliphatic carbocycles. The number of rotatable bonds is 6. The average molecular weight is 381 g/mol. The normalized spacial score (nSPS) is 23.5. The zero-order valence-corrected chi connectivity index (χ0v) is 16.7. The highest BCUT2D eigenvalue weighted by atomic mass is 32.1. The summed E-state index contributed by atoms with van der Waals surface area (Å²) in [4.78, 5) is 36.5. The molecule has 144 valence electrons. The van der Waals surface area contributed by atoms with Crippen molar-refractivity contribution < 1.29 is 14.3 Å². The van der Waals surface area contributed by atoms with Crippen LogP contribution in [0.5, 0.6) is 0 Å². The first kappa shape index (κ1) is 19.3. The van der Waals surface area contributed by atoms with E-state index in [9.17, 15) is 9.59 Å². The lowest BCUT2D eigenvalue weighted by atomic mass is 9.85. The van der Waals surface area contributed by atoms with Crippen LogP contribution in [0.4, 0.5) is 0 Å². The number of likely N-dealkylation sites (tertiary alicyclic amines) is 2. The molecule has 8 heteroatoms. The van der Waals surface area contributed by atoms with Gasteiger partial charge in [-0.05, 0) is 39.8 Å². The third-order valence-corrected chi connectivity index (χ3v) is 6.06. The van der Waals surface area contributed by atoms with E-state index in [-0.39, 0.29) is 11.8 Å². The van der Waals surface area contributed by atoms with Crippen LogP contribution in [-0.2, 0) is 16.1 Å². The second-order valence-corrected chi connectivity index (χ2v) is 8.29. The highest BCUT2D eigenvalue weighted by molar-refractivity contribution is 7.09. The lowest BCUT2D eigenvalue weighted by Crippen LogP contribution is -2.61. The maximum atomic E-state index is 13.2. The summed E-state index contributed by atoms with van der Waals surface area (Å²) in [7, 11) is 5.60. The molecule has 0 radical (unpaired) electrons. The summed E-state index contributed by atoms with van der Waals surface area (Å²) in [6, 6.07) is 0. The molecule has 2 amide bonds. The van der Waals surface area contributed by atoms with Gasteiger partial charge in [0.2, 0.25) is 5.91 Å². The minimum absolute atomic E-state index is 0.0791.